The Hall–Kier alpha value is -2.49. The molecule has 0 heterocycles. The molecule has 0 aliphatic carbocycles. The topological polar surface area (TPSA) is 86.8 Å². The molecule has 0 radical (unpaired) electrons. The lowest BCUT2D eigenvalue weighted by Gasteiger charge is -2.33. The average Bonchev–Trinajstić information content (AvgIpc) is 2.93. The van der Waals surface area contributed by atoms with Crippen LogP contribution >= 0.6 is 46.4 Å². The highest BCUT2D eigenvalue weighted by molar-refractivity contribution is 7.92. The second-order valence-corrected chi connectivity index (χ2v) is 12.8. The third-order valence-electron chi connectivity index (χ3n) is 6.36. The zero-order valence-electron chi connectivity index (χ0n) is 22.6. The first-order valence-corrected chi connectivity index (χ1v) is 16.0. The quantitative estimate of drug-likeness (QED) is 0.197. The minimum Gasteiger partial charge on any atom is -0.354 e. The molecular formula is C29H31Cl4N3O4S. The summed E-state index contributed by atoms with van der Waals surface area (Å²) in [5, 5.41) is 3.95. The number of nitrogens with zero attached hydrogens (tertiary/aromatic N) is 2. The van der Waals surface area contributed by atoms with Crippen molar-refractivity contribution in [1.82, 2.24) is 10.2 Å². The van der Waals surface area contributed by atoms with Gasteiger partial charge in [0.2, 0.25) is 11.8 Å². The van der Waals surface area contributed by atoms with Crippen LogP contribution in [0.4, 0.5) is 5.69 Å². The Balaban J connectivity index is 2.08. The molecule has 3 rings (SSSR count). The standard InChI is InChI=1S/C29H31Cl4N3O4S/c1-3-5-15-34-29(38)26(4-2)35(18-20-11-12-21(30)16-24(20)32)28(37)19-36(27-14-13-22(31)17-25(27)33)41(39,40)23-9-7-6-8-10-23/h6-14,16-17,26H,3-5,15,18-19H2,1-2H3,(H,34,38). The van der Waals surface area contributed by atoms with Gasteiger partial charge in [-0.15, -0.1) is 0 Å². The first-order chi connectivity index (χ1) is 19.5. The minimum atomic E-state index is -4.26. The molecule has 220 valence electrons. The summed E-state index contributed by atoms with van der Waals surface area (Å²) >= 11 is 25.0. The summed E-state index contributed by atoms with van der Waals surface area (Å²) in [5.41, 5.74) is 0.615. The summed E-state index contributed by atoms with van der Waals surface area (Å²) in [6.07, 6.45) is 1.94. The summed E-state index contributed by atoms with van der Waals surface area (Å²) in [6, 6.07) is 16.0. The molecule has 0 aromatic heterocycles. The fraction of sp³-hybridized carbons (Fsp3) is 0.310. The van der Waals surface area contributed by atoms with E-state index in [9.17, 15) is 18.0 Å². The van der Waals surface area contributed by atoms with Crippen LogP contribution in [0.3, 0.4) is 0 Å². The molecule has 3 aromatic rings. The van der Waals surface area contributed by atoms with Crippen molar-refractivity contribution in [3.05, 3.63) is 92.4 Å². The van der Waals surface area contributed by atoms with Gasteiger partial charge in [-0.2, -0.15) is 0 Å². The minimum absolute atomic E-state index is 0.0320. The van der Waals surface area contributed by atoms with Crippen LogP contribution in [0.5, 0.6) is 0 Å². The summed E-state index contributed by atoms with van der Waals surface area (Å²) < 4.78 is 28.7. The van der Waals surface area contributed by atoms with Gasteiger partial charge in [-0.3, -0.25) is 13.9 Å². The van der Waals surface area contributed by atoms with Crippen LogP contribution in [-0.4, -0.2) is 44.3 Å². The number of unbranched alkanes of at least 4 members (excludes halogenated alkanes) is 1. The lowest BCUT2D eigenvalue weighted by atomic mass is 10.1. The maximum Gasteiger partial charge on any atom is 0.264 e. The van der Waals surface area contributed by atoms with Crippen LogP contribution in [0.25, 0.3) is 0 Å². The number of amides is 2. The molecule has 0 saturated heterocycles. The van der Waals surface area contributed by atoms with Crippen LogP contribution in [0.1, 0.15) is 38.7 Å². The van der Waals surface area contributed by atoms with Crippen molar-refractivity contribution in [2.24, 2.45) is 0 Å². The summed E-state index contributed by atoms with van der Waals surface area (Å²) in [4.78, 5) is 28.7. The maximum absolute atomic E-state index is 14.1. The van der Waals surface area contributed by atoms with E-state index in [0.29, 0.717) is 27.2 Å². The highest BCUT2D eigenvalue weighted by Crippen LogP contribution is 2.33. The monoisotopic (exact) mass is 657 g/mol. The van der Waals surface area contributed by atoms with Gasteiger partial charge in [-0.05, 0) is 60.9 Å². The second kappa shape index (κ2) is 15.1. The number of anilines is 1. The maximum atomic E-state index is 14.1. The molecule has 1 atom stereocenters. The number of sulfonamides is 1. The molecule has 0 fully saturated rings. The third kappa shape index (κ3) is 8.52. The predicted octanol–water partition coefficient (Wildman–Crippen LogP) is 7.22. The Morgan fingerprint density at radius 3 is 2.10 bits per heavy atom. The summed E-state index contributed by atoms with van der Waals surface area (Å²) in [7, 11) is -4.26. The molecule has 12 heteroatoms. The molecule has 0 aliphatic heterocycles. The van der Waals surface area contributed by atoms with Gasteiger partial charge in [0, 0.05) is 28.2 Å². The van der Waals surface area contributed by atoms with Crippen LogP contribution in [-0.2, 0) is 26.2 Å². The van der Waals surface area contributed by atoms with Crippen molar-refractivity contribution in [1.29, 1.82) is 0 Å². The highest BCUT2D eigenvalue weighted by Gasteiger charge is 2.34. The SMILES string of the molecule is CCCCNC(=O)C(CC)N(Cc1ccc(Cl)cc1Cl)C(=O)CN(c1ccc(Cl)cc1Cl)S(=O)(=O)c1ccccc1. The second-order valence-electron chi connectivity index (χ2n) is 9.25. The number of rotatable bonds is 13. The molecule has 0 saturated carbocycles. The zero-order valence-corrected chi connectivity index (χ0v) is 26.5. The smallest absolute Gasteiger partial charge is 0.264 e. The molecule has 3 aromatic carbocycles. The van der Waals surface area contributed by atoms with Crippen LogP contribution in [0.2, 0.25) is 20.1 Å². The highest BCUT2D eigenvalue weighted by atomic mass is 35.5. The number of carbonyl (C=O) groups excluding carboxylic acids is 2. The van der Waals surface area contributed by atoms with Crippen LogP contribution in [0.15, 0.2) is 71.6 Å². The third-order valence-corrected chi connectivity index (χ3v) is 9.26. The Bertz CT molecular complexity index is 1470. The molecule has 7 nitrogen and oxygen atoms in total. The normalized spacial score (nSPS) is 12.0. The van der Waals surface area contributed by atoms with Crippen molar-refractivity contribution >= 4 is 73.9 Å². The molecular weight excluding hydrogens is 628 g/mol. The van der Waals surface area contributed by atoms with E-state index in [1.54, 1.807) is 43.3 Å². The van der Waals surface area contributed by atoms with Crippen LogP contribution in [0, 0.1) is 0 Å². The van der Waals surface area contributed by atoms with E-state index in [1.807, 2.05) is 6.92 Å². The summed E-state index contributed by atoms with van der Waals surface area (Å²) in [6.45, 7) is 3.54. The van der Waals surface area contributed by atoms with E-state index in [4.69, 9.17) is 46.4 Å². The van der Waals surface area contributed by atoms with E-state index >= 15 is 0 Å². The fourth-order valence-corrected chi connectivity index (χ4v) is 6.66. The Labute approximate surface area is 261 Å². The van der Waals surface area contributed by atoms with Gasteiger partial charge in [0.15, 0.2) is 0 Å². The van der Waals surface area contributed by atoms with E-state index in [0.717, 1.165) is 17.1 Å². The van der Waals surface area contributed by atoms with Crippen molar-refractivity contribution in [2.45, 2.75) is 50.6 Å². The van der Waals surface area contributed by atoms with Gasteiger partial charge in [0.1, 0.15) is 12.6 Å². The van der Waals surface area contributed by atoms with Gasteiger partial charge >= 0.3 is 0 Å². The Kier molecular flexibility index (Phi) is 12.2. The van der Waals surface area contributed by atoms with E-state index in [1.165, 1.54) is 35.2 Å². The van der Waals surface area contributed by atoms with Crippen molar-refractivity contribution in [3.8, 4) is 0 Å². The van der Waals surface area contributed by atoms with E-state index in [-0.39, 0.29) is 34.5 Å². The molecule has 1 N–H and O–H groups in total. The van der Waals surface area contributed by atoms with Gasteiger partial charge in [-0.25, -0.2) is 8.42 Å². The zero-order chi connectivity index (χ0) is 30.2. The number of hydrogen-bond acceptors (Lipinski definition) is 4. The Morgan fingerprint density at radius 2 is 1.51 bits per heavy atom. The van der Waals surface area contributed by atoms with E-state index < -0.39 is 28.5 Å². The van der Waals surface area contributed by atoms with Crippen molar-refractivity contribution in [3.63, 3.8) is 0 Å². The summed E-state index contributed by atoms with van der Waals surface area (Å²) in [5.74, 6) is -0.972. The van der Waals surface area contributed by atoms with Gasteiger partial charge in [-0.1, -0.05) is 90.9 Å². The lowest BCUT2D eigenvalue weighted by Crippen LogP contribution is -2.52. The molecule has 41 heavy (non-hydrogen) atoms. The average molecular weight is 659 g/mol. The first-order valence-electron chi connectivity index (χ1n) is 13.0. The molecule has 0 spiro atoms. The number of nitrogens with one attached hydrogen (secondary N) is 1. The number of halogens is 4. The molecule has 0 aliphatic rings. The van der Waals surface area contributed by atoms with Gasteiger partial charge in [0.25, 0.3) is 10.0 Å². The molecule has 1 unspecified atom stereocenters. The lowest BCUT2D eigenvalue weighted by molar-refractivity contribution is -0.140. The van der Waals surface area contributed by atoms with Crippen LogP contribution < -0.4 is 9.62 Å². The number of benzene rings is 3. The van der Waals surface area contributed by atoms with Gasteiger partial charge < -0.3 is 10.2 Å². The predicted molar refractivity (Wildman–Crippen MR) is 166 cm³/mol. The molecule has 2 amide bonds. The Morgan fingerprint density at radius 1 is 0.878 bits per heavy atom. The number of hydrogen-bond donors (Lipinski definition) is 1. The van der Waals surface area contributed by atoms with Crippen molar-refractivity contribution in [2.75, 3.05) is 17.4 Å². The largest absolute Gasteiger partial charge is 0.354 e. The molecule has 0 bridgehead atoms. The number of carbonyl (C=O) groups is 2. The van der Waals surface area contributed by atoms with Crippen molar-refractivity contribution < 1.29 is 18.0 Å². The first kappa shape index (κ1) is 33.0. The van der Waals surface area contributed by atoms with Gasteiger partial charge in [0.05, 0.1) is 15.6 Å². The fourth-order valence-electron chi connectivity index (χ4n) is 4.18. The van der Waals surface area contributed by atoms with E-state index in [2.05, 4.69) is 5.32 Å².